The molecule has 0 saturated carbocycles. The molecule has 6 nitrogen and oxygen atoms in total. The van der Waals surface area contributed by atoms with E-state index < -0.39 is 0 Å². The molecule has 1 aliphatic heterocycles. The summed E-state index contributed by atoms with van der Waals surface area (Å²) in [6.07, 6.45) is 0. The first-order chi connectivity index (χ1) is 9.61. The van der Waals surface area contributed by atoms with Crippen LogP contribution in [0, 0.1) is 5.92 Å². The summed E-state index contributed by atoms with van der Waals surface area (Å²) in [5, 5.41) is 5.58. The van der Waals surface area contributed by atoms with Crippen LogP contribution in [0.3, 0.4) is 0 Å². The smallest absolute Gasteiger partial charge is 0.321 e. The van der Waals surface area contributed by atoms with E-state index in [2.05, 4.69) is 10.6 Å². The fourth-order valence-electron chi connectivity index (χ4n) is 1.96. The van der Waals surface area contributed by atoms with Crippen molar-refractivity contribution in [3.8, 4) is 0 Å². The van der Waals surface area contributed by atoms with Crippen molar-refractivity contribution in [2.75, 3.05) is 31.1 Å². The van der Waals surface area contributed by atoms with Crippen molar-refractivity contribution in [1.29, 1.82) is 0 Å². The number of nitrogens with one attached hydrogen (secondary N) is 2. The van der Waals surface area contributed by atoms with Crippen LogP contribution >= 0.6 is 12.4 Å². The predicted molar refractivity (Wildman–Crippen MR) is 85.0 cm³/mol. The molecule has 7 heteroatoms. The number of halogens is 1. The van der Waals surface area contributed by atoms with Gasteiger partial charge < -0.3 is 16.4 Å². The first kappa shape index (κ1) is 17.3. The van der Waals surface area contributed by atoms with Crippen molar-refractivity contribution in [3.05, 3.63) is 29.8 Å². The topological polar surface area (TPSA) is 87.5 Å². The molecule has 1 aliphatic rings. The molecule has 1 saturated heterocycles. The maximum absolute atomic E-state index is 11.9. The number of nitrogens with zero attached hydrogens (tertiary/aromatic N) is 1. The highest BCUT2D eigenvalue weighted by Crippen LogP contribution is 2.17. The molecular formula is C14H21ClN4O2. The fraction of sp³-hybridized carbons (Fsp3) is 0.429. The number of rotatable bonds is 5. The summed E-state index contributed by atoms with van der Waals surface area (Å²) in [4.78, 5) is 25.1. The van der Waals surface area contributed by atoms with Crippen LogP contribution < -0.4 is 21.3 Å². The zero-order valence-electron chi connectivity index (χ0n) is 12.0. The van der Waals surface area contributed by atoms with Gasteiger partial charge in [0, 0.05) is 30.9 Å². The van der Waals surface area contributed by atoms with Gasteiger partial charge in [0.1, 0.15) is 0 Å². The lowest BCUT2D eigenvalue weighted by Gasteiger charge is -2.15. The average Bonchev–Trinajstić information content (AvgIpc) is 2.90. The number of nitrogens with two attached hydrogens (primary N) is 1. The molecule has 1 fully saturated rings. The van der Waals surface area contributed by atoms with Crippen LogP contribution in [0.5, 0.6) is 0 Å². The fourth-order valence-corrected chi connectivity index (χ4v) is 1.96. The van der Waals surface area contributed by atoms with Crippen molar-refractivity contribution in [3.63, 3.8) is 0 Å². The Bertz CT molecular complexity index is 492. The number of carbonyl (C=O) groups is 2. The lowest BCUT2D eigenvalue weighted by Crippen LogP contribution is -2.31. The zero-order chi connectivity index (χ0) is 14.5. The minimum Gasteiger partial charge on any atom is -0.352 e. The number of hydrogen-bond donors (Lipinski definition) is 3. The van der Waals surface area contributed by atoms with Crippen LogP contribution in [-0.4, -0.2) is 38.1 Å². The largest absolute Gasteiger partial charge is 0.352 e. The van der Waals surface area contributed by atoms with Gasteiger partial charge in [0.25, 0.3) is 5.91 Å². The second-order valence-corrected chi connectivity index (χ2v) is 4.98. The monoisotopic (exact) mass is 312 g/mol. The van der Waals surface area contributed by atoms with Crippen LogP contribution in [0.2, 0.25) is 0 Å². The van der Waals surface area contributed by atoms with Crippen molar-refractivity contribution in [1.82, 2.24) is 10.6 Å². The van der Waals surface area contributed by atoms with Crippen molar-refractivity contribution in [2.24, 2.45) is 11.7 Å². The first-order valence-electron chi connectivity index (χ1n) is 6.75. The molecule has 1 aromatic carbocycles. The molecule has 4 N–H and O–H groups in total. The third-order valence-electron chi connectivity index (χ3n) is 3.31. The van der Waals surface area contributed by atoms with Crippen LogP contribution in [0.25, 0.3) is 0 Å². The Morgan fingerprint density at radius 3 is 2.62 bits per heavy atom. The van der Waals surface area contributed by atoms with Crippen LogP contribution in [0.1, 0.15) is 17.3 Å². The molecule has 21 heavy (non-hydrogen) atoms. The van der Waals surface area contributed by atoms with E-state index in [1.807, 2.05) is 6.92 Å². The Morgan fingerprint density at radius 2 is 2.10 bits per heavy atom. The van der Waals surface area contributed by atoms with E-state index in [9.17, 15) is 9.59 Å². The maximum Gasteiger partial charge on any atom is 0.321 e. The van der Waals surface area contributed by atoms with Gasteiger partial charge in [-0.05, 0) is 36.7 Å². The van der Waals surface area contributed by atoms with Crippen LogP contribution in [0.15, 0.2) is 24.3 Å². The number of hydrogen-bond acceptors (Lipinski definition) is 3. The lowest BCUT2D eigenvalue weighted by molar-refractivity contribution is 0.0948. The van der Waals surface area contributed by atoms with E-state index in [4.69, 9.17) is 5.73 Å². The Labute approximate surface area is 130 Å². The molecule has 0 radical (unpaired) electrons. The highest BCUT2D eigenvalue weighted by atomic mass is 35.5. The molecule has 1 aromatic rings. The molecular weight excluding hydrogens is 292 g/mol. The van der Waals surface area contributed by atoms with E-state index in [-0.39, 0.29) is 30.3 Å². The molecule has 116 valence electrons. The van der Waals surface area contributed by atoms with Gasteiger partial charge in [0.2, 0.25) is 0 Å². The third-order valence-corrected chi connectivity index (χ3v) is 3.31. The van der Waals surface area contributed by atoms with Crippen LogP contribution in [-0.2, 0) is 0 Å². The SMILES string of the molecule is CC(CN)CNC(=O)c1ccc(N2CCNC2=O)cc1.Cl. The minimum absolute atomic E-state index is 0. The molecule has 0 spiro atoms. The van der Waals surface area contributed by atoms with Gasteiger partial charge in [-0.15, -0.1) is 12.4 Å². The molecule has 1 atom stereocenters. The first-order valence-corrected chi connectivity index (χ1v) is 6.75. The Kier molecular flexibility index (Phi) is 6.45. The minimum atomic E-state index is -0.122. The van der Waals surface area contributed by atoms with E-state index in [1.54, 1.807) is 29.2 Å². The van der Waals surface area contributed by atoms with E-state index >= 15 is 0 Å². The number of urea groups is 1. The quantitative estimate of drug-likeness (QED) is 0.757. The normalized spacial score (nSPS) is 15.1. The predicted octanol–water partition coefficient (Wildman–Crippen LogP) is 0.963. The molecule has 2 rings (SSSR count). The maximum atomic E-state index is 11.9. The molecule has 1 heterocycles. The summed E-state index contributed by atoms with van der Waals surface area (Å²) in [6.45, 7) is 4.39. The number of anilines is 1. The van der Waals surface area contributed by atoms with Crippen molar-refractivity contribution in [2.45, 2.75) is 6.92 Å². The van der Waals surface area contributed by atoms with Gasteiger partial charge in [-0.2, -0.15) is 0 Å². The molecule has 1 unspecified atom stereocenters. The summed E-state index contributed by atoms with van der Waals surface area (Å²) >= 11 is 0. The Balaban J connectivity index is 0.00000220. The third kappa shape index (κ3) is 4.34. The average molecular weight is 313 g/mol. The van der Waals surface area contributed by atoms with E-state index in [0.717, 1.165) is 5.69 Å². The number of carbonyl (C=O) groups excluding carboxylic acids is 2. The Morgan fingerprint density at radius 1 is 1.43 bits per heavy atom. The zero-order valence-corrected chi connectivity index (χ0v) is 12.8. The summed E-state index contributed by atoms with van der Waals surface area (Å²) in [5.41, 5.74) is 6.88. The summed E-state index contributed by atoms with van der Waals surface area (Å²) in [7, 11) is 0. The summed E-state index contributed by atoms with van der Waals surface area (Å²) in [6, 6.07) is 6.92. The van der Waals surface area contributed by atoms with Gasteiger partial charge in [-0.1, -0.05) is 6.92 Å². The van der Waals surface area contributed by atoms with Gasteiger partial charge in [-0.3, -0.25) is 9.69 Å². The highest BCUT2D eigenvalue weighted by Gasteiger charge is 2.21. The highest BCUT2D eigenvalue weighted by molar-refractivity contribution is 5.96. The van der Waals surface area contributed by atoms with Gasteiger partial charge in [0.15, 0.2) is 0 Å². The molecule has 0 bridgehead atoms. The summed E-state index contributed by atoms with van der Waals surface area (Å²) in [5.74, 6) is 0.134. The van der Waals surface area contributed by atoms with E-state index in [0.29, 0.717) is 31.7 Å². The van der Waals surface area contributed by atoms with Crippen molar-refractivity contribution >= 4 is 30.0 Å². The second kappa shape index (κ2) is 7.85. The van der Waals surface area contributed by atoms with Gasteiger partial charge >= 0.3 is 6.03 Å². The number of benzene rings is 1. The summed E-state index contributed by atoms with van der Waals surface area (Å²) < 4.78 is 0. The lowest BCUT2D eigenvalue weighted by atomic mass is 10.1. The van der Waals surface area contributed by atoms with Crippen LogP contribution in [0.4, 0.5) is 10.5 Å². The molecule has 0 aliphatic carbocycles. The molecule has 0 aromatic heterocycles. The molecule has 3 amide bonds. The number of amides is 3. The Hall–Kier alpha value is -1.79. The standard InChI is InChI=1S/C14H20N4O2.ClH/c1-10(8-15)9-17-13(19)11-2-4-12(5-3-11)18-7-6-16-14(18)20;/h2-5,10H,6-9,15H2,1H3,(H,16,20)(H,17,19);1H. The van der Waals surface area contributed by atoms with Crippen molar-refractivity contribution < 1.29 is 9.59 Å². The second-order valence-electron chi connectivity index (χ2n) is 4.98. The van der Waals surface area contributed by atoms with Gasteiger partial charge in [0.05, 0.1) is 0 Å². The van der Waals surface area contributed by atoms with Gasteiger partial charge in [-0.25, -0.2) is 4.79 Å². The van der Waals surface area contributed by atoms with E-state index in [1.165, 1.54) is 0 Å².